The predicted octanol–water partition coefficient (Wildman–Crippen LogP) is 4.80. The van der Waals surface area contributed by atoms with Gasteiger partial charge in [0.1, 0.15) is 18.1 Å². The lowest BCUT2D eigenvalue weighted by atomic mass is 9.95. The summed E-state index contributed by atoms with van der Waals surface area (Å²) in [6.07, 6.45) is 3.23. The van der Waals surface area contributed by atoms with Crippen molar-refractivity contribution in [3.63, 3.8) is 0 Å². The van der Waals surface area contributed by atoms with Gasteiger partial charge in [0.2, 0.25) is 0 Å². The number of nitrogens with zero attached hydrogens (tertiary/aromatic N) is 3. The minimum atomic E-state index is -0.690. The molecule has 9 heteroatoms. The van der Waals surface area contributed by atoms with Gasteiger partial charge in [-0.3, -0.25) is 14.6 Å². The van der Waals surface area contributed by atoms with Gasteiger partial charge in [-0.2, -0.15) is 0 Å². The Balaban J connectivity index is 0.00000241. The molecule has 1 aliphatic heterocycles. The number of pyridine rings is 1. The number of ketones is 1. The first kappa shape index (κ1) is 29.8. The molecule has 1 fully saturated rings. The van der Waals surface area contributed by atoms with Gasteiger partial charge in [-0.1, -0.05) is 30.3 Å². The van der Waals surface area contributed by atoms with Crippen LogP contribution in [0.1, 0.15) is 28.3 Å². The molecule has 1 aromatic heterocycles. The number of carbonyl (C=O) groups is 2. The monoisotopic (exact) mass is 543 g/mol. The van der Waals surface area contributed by atoms with Crippen LogP contribution in [0.25, 0.3) is 5.76 Å². The molecule has 4 rings (SSSR count). The molecule has 1 saturated heterocycles. The van der Waals surface area contributed by atoms with Gasteiger partial charge in [0.05, 0.1) is 11.6 Å². The van der Waals surface area contributed by atoms with Gasteiger partial charge >= 0.3 is 0 Å². The topological polar surface area (TPSA) is 83.0 Å². The third-order valence-corrected chi connectivity index (χ3v) is 6.04. The minimum absolute atomic E-state index is 0. The molecule has 1 amide bonds. The highest BCUT2D eigenvalue weighted by molar-refractivity contribution is 6.46. The molecule has 1 unspecified atom stereocenters. The Hall–Kier alpha value is -3.39. The highest BCUT2D eigenvalue weighted by atomic mass is 35.5. The first-order chi connectivity index (χ1) is 16.9. The standard InChI is InChI=1S/C28H29N3O4.2ClH/c1-19-17-22(9-10-23(19)35-18-20-7-5-4-6-8-20)26(32)24-25(21-11-13-29-14-12-21)31(16-15-30(2)3)28(34)27(24)33;;/h4-14,17,25,32H,15-16,18H2,1-3H3;2*1H/b26-24+;;. The highest BCUT2D eigenvalue weighted by Gasteiger charge is 2.45. The molecule has 1 atom stereocenters. The molecule has 0 aliphatic carbocycles. The predicted molar refractivity (Wildman–Crippen MR) is 148 cm³/mol. The van der Waals surface area contributed by atoms with Crippen LogP contribution in [-0.4, -0.2) is 58.8 Å². The summed E-state index contributed by atoms with van der Waals surface area (Å²) in [6, 6.07) is 17.9. The van der Waals surface area contributed by atoms with E-state index < -0.39 is 17.7 Å². The number of ether oxygens (including phenoxy) is 1. The number of benzene rings is 2. The number of hydrogen-bond donors (Lipinski definition) is 1. The number of amides is 1. The first-order valence-corrected chi connectivity index (χ1v) is 11.5. The van der Waals surface area contributed by atoms with Crippen molar-refractivity contribution in [2.45, 2.75) is 19.6 Å². The number of aryl methyl sites for hydroxylation is 1. The number of likely N-dealkylation sites (N-methyl/N-ethyl adjacent to an activating group) is 1. The summed E-state index contributed by atoms with van der Waals surface area (Å²) in [7, 11) is 3.81. The van der Waals surface area contributed by atoms with Gasteiger partial charge in [0, 0.05) is 31.0 Å². The molecule has 1 N–H and O–H groups in total. The largest absolute Gasteiger partial charge is 0.507 e. The fourth-order valence-corrected chi connectivity index (χ4v) is 4.16. The Morgan fingerprint density at radius 1 is 1.03 bits per heavy atom. The van der Waals surface area contributed by atoms with Gasteiger partial charge in [-0.15, -0.1) is 24.8 Å². The van der Waals surface area contributed by atoms with Crippen LogP contribution < -0.4 is 4.74 Å². The second-order valence-corrected chi connectivity index (χ2v) is 8.83. The molecule has 2 aromatic carbocycles. The average Bonchev–Trinajstić information content (AvgIpc) is 3.12. The number of aliphatic hydroxyl groups is 1. The van der Waals surface area contributed by atoms with E-state index in [1.54, 1.807) is 42.7 Å². The molecule has 196 valence electrons. The van der Waals surface area contributed by atoms with Gasteiger partial charge in [0.25, 0.3) is 11.7 Å². The van der Waals surface area contributed by atoms with Gasteiger partial charge in [-0.05, 0) is 68.0 Å². The smallest absolute Gasteiger partial charge is 0.295 e. The summed E-state index contributed by atoms with van der Waals surface area (Å²) in [6.45, 7) is 3.24. The zero-order valence-electron chi connectivity index (χ0n) is 21.0. The Morgan fingerprint density at radius 2 is 1.70 bits per heavy atom. The number of Topliss-reactive ketones (excluding diaryl/α,β-unsaturated/α-hetero) is 1. The van der Waals surface area contributed by atoms with Gasteiger partial charge in [0.15, 0.2) is 0 Å². The molecule has 0 radical (unpaired) electrons. The molecule has 37 heavy (non-hydrogen) atoms. The Kier molecular flexibility index (Phi) is 10.7. The molecular formula is C28H31Cl2N3O4. The summed E-state index contributed by atoms with van der Waals surface area (Å²) in [5, 5.41) is 11.3. The molecular weight excluding hydrogens is 513 g/mol. The van der Waals surface area contributed by atoms with Gasteiger partial charge < -0.3 is 19.6 Å². The van der Waals surface area contributed by atoms with Crippen molar-refractivity contribution in [2.24, 2.45) is 0 Å². The minimum Gasteiger partial charge on any atom is -0.507 e. The fourth-order valence-electron chi connectivity index (χ4n) is 4.16. The summed E-state index contributed by atoms with van der Waals surface area (Å²) < 4.78 is 5.94. The second kappa shape index (κ2) is 13.2. The van der Waals surface area contributed by atoms with E-state index in [4.69, 9.17) is 4.74 Å². The Bertz CT molecular complexity index is 1250. The molecule has 0 bridgehead atoms. The highest BCUT2D eigenvalue weighted by Crippen LogP contribution is 2.39. The van der Waals surface area contributed by atoms with Crippen molar-refractivity contribution >= 4 is 42.3 Å². The van der Waals surface area contributed by atoms with Gasteiger partial charge in [-0.25, -0.2) is 0 Å². The fraction of sp³-hybridized carbons (Fsp3) is 0.250. The van der Waals surface area contributed by atoms with E-state index in [0.29, 0.717) is 31.0 Å². The van der Waals surface area contributed by atoms with E-state index in [-0.39, 0.29) is 36.1 Å². The third-order valence-electron chi connectivity index (χ3n) is 6.04. The number of aliphatic hydroxyl groups excluding tert-OH is 1. The third kappa shape index (κ3) is 6.68. The molecule has 2 heterocycles. The van der Waals surface area contributed by atoms with Crippen LogP contribution in [-0.2, 0) is 16.2 Å². The normalized spacial score (nSPS) is 16.3. The lowest BCUT2D eigenvalue weighted by Gasteiger charge is -2.26. The summed E-state index contributed by atoms with van der Waals surface area (Å²) in [5.74, 6) is -0.822. The maximum Gasteiger partial charge on any atom is 0.295 e. The maximum absolute atomic E-state index is 13.1. The van der Waals surface area contributed by atoms with Crippen LogP contribution in [0.3, 0.4) is 0 Å². The van der Waals surface area contributed by atoms with Crippen LogP contribution in [0.2, 0.25) is 0 Å². The van der Waals surface area contributed by atoms with E-state index in [2.05, 4.69) is 4.98 Å². The van der Waals surface area contributed by atoms with Crippen molar-refractivity contribution in [2.75, 3.05) is 27.2 Å². The van der Waals surface area contributed by atoms with E-state index in [9.17, 15) is 14.7 Å². The van der Waals surface area contributed by atoms with Crippen molar-refractivity contribution in [3.05, 3.63) is 101 Å². The van der Waals surface area contributed by atoms with Crippen LogP contribution in [0.5, 0.6) is 5.75 Å². The maximum atomic E-state index is 13.1. The quantitative estimate of drug-likeness (QED) is 0.249. The molecule has 7 nitrogen and oxygen atoms in total. The summed E-state index contributed by atoms with van der Waals surface area (Å²) in [5.41, 5.74) is 3.12. The zero-order chi connectivity index (χ0) is 24.9. The SMILES string of the molecule is Cc1cc(/C(O)=C2\C(=O)C(=O)N(CCN(C)C)C2c2ccncc2)ccc1OCc1ccccc1.Cl.Cl. The summed E-state index contributed by atoms with van der Waals surface area (Å²) in [4.78, 5) is 33.6. The average molecular weight is 544 g/mol. The van der Waals surface area contributed by atoms with Crippen LogP contribution >= 0.6 is 24.8 Å². The second-order valence-electron chi connectivity index (χ2n) is 8.83. The van der Waals surface area contributed by atoms with Crippen LogP contribution in [0.15, 0.2) is 78.6 Å². The number of carbonyl (C=O) groups excluding carboxylic acids is 2. The summed E-state index contributed by atoms with van der Waals surface area (Å²) >= 11 is 0. The number of hydrogen-bond acceptors (Lipinski definition) is 6. The first-order valence-electron chi connectivity index (χ1n) is 11.5. The molecule has 0 saturated carbocycles. The van der Waals surface area contributed by atoms with E-state index >= 15 is 0 Å². The van der Waals surface area contributed by atoms with Crippen LogP contribution in [0.4, 0.5) is 0 Å². The van der Waals surface area contributed by atoms with E-state index in [0.717, 1.165) is 16.7 Å². The molecule has 0 spiro atoms. The van der Waals surface area contributed by atoms with Crippen molar-refractivity contribution in [3.8, 4) is 5.75 Å². The van der Waals surface area contributed by atoms with E-state index in [1.165, 1.54) is 4.90 Å². The number of halogens is 2. The lowest BCUT2D eigenvalue weighted by Crippen LogP contribution is -2.35. The number of rotatable bonds is 8. The van der Waals surface area contributed by atoms with Crippen molar-refractivity contribution in [1.82, 2.24) is 14.8 Å². The zero-order valence-corrected chi connectivity index (χ0v) is 22.6. The van der Waals surface area contributed by atoms with Crippen molar-refractivity contribution < 1.29 is 19.4 Å². The van der Waals surface area contributed by atoms with Crippen molar-refractivity contribution in [1.29, 1.82) is 0 Å². The molecule has 3 aromatic rings. The number of aromatic nitrogens is 1. The number of likely N-dealkylation sites (tertiary alicyclic amines) is 1. The van der Waals surface area contributed by atoms with E-state index in [1.807, 2.05) is 56.3 Å². The lowest BCUT2D eigenvalue weighted by molar-refractivity contribution is -0.140. The molecule has 1 aliphatic rings. The Labute approximate surface area is 229 Å². The Morgan fingerprint density at radius 3 is 2.32 bits per heavy atom. The van der Waals surface area contributed by atoms with Crippen LogP contribution in [0, 0.1) is 6.92 Å².